The molecule has 4 aromatic carbocycles. The van der Waals surface area contributed by atoms with Gasteiger partial charge in [0.25, 0.3) is 5.91 Å². The molecule has 1 amide bonds. The van der Waals surface area contributed by atoms with E-state index in [0.717, 1.165) is 30.1 Å². The summed E-state index contributed by atoms with van der Waals surface area (Å²) in [6.45, 7) is 0. The van der Waals surface area contributed by atoms with Gasteiger partial charge in [-0.05, 0) is 94.7 Å². The van der Waals surface area contributed by atoms with E-state index in [0.29, 0.717) is 21.8 Å². The maximum absolute atomic E-state index is 13.7. The van der Waals surface area contributed by atoms with Crippen LogP contribution in [0.3, 0.4) is 0 Å². The van der Waals surface area contributed by atoms with Crippen LogP contribution in [0.1, 0.15) is 50.7 Å². The lowest BCUT2D eigenvalue weighted by molar-refractivity contribution is 0.102. The highest BCUT2D eigenvalue weighted by Gasteiger charge is 2.24. The SMILES string of the molecule is CNC1C=c2ccccc2=c2ccc3c(c21)CCCC=3C(=O)c1ccc(NC(=O)c2ccccc2Cl)cc1. The van der Waals surface area contributed by atoms with E-state index in [4.69, 9.17) is 11.6 Å². The van der Waals surface area contributed by atoms with Crippen LogP contribution in [0.25, 0.3) is 11.6 Å². The number of ketones is 1. The van der Waals surface area contributed by atoms with Crippen LogP contribution in [0.4, 0.5) is 5.69 Å². The number of nitrogens with one attached hydrogen (secondary N) is 2. The molecule has 2 aliphatic rings. The highest BCUT2D eigenvalue weighted by atomic mass is 35.5. The predicted octanol–water partition coefficient (Wildman–Crippen LogP) is 5.30. The monoisotopic (exact) mass is 518 g/mol. The lowest BCUT2D eigenvalue weighted by Gasteiger charge is -2.25. The molecule has 5 heteroatoms. The van der Waals surface area contributed by atoms with Crippen LogP contribution in [-0.4, -0.2) is 18.7 Å². The quantitative estimate of drug-likeness (QED) is 0.352. The fraction of sp³-hybridized carbons (Fsp3) is 0.152. The van der Waals surface area contributed by atoms with Crippen molar-refractivity contribution in [2.24, 2.45) is 0 Å². The smallest absolute Gasteiger partial charge is 0.257 e. The van der Waals surface area contributed by atoms with Crippen molar-refractivity contribution in [3.05, 3.63) is 133 Å². The second kappa shape index (κ2) is 10.1. The molecule has 0 aromatic heterocycles. The van der Waals surface area contributed by atoms with E-state index in [2.05, 4.69) is 53.1 Å². The van der Waals surface area contributed by atoms with Gasteiger partial charge >= 0.3 is 0 Å². The molecule has 6 rings (SSSR count). The Morgan fingerprint density at radius 1 is 0.816 bits per heavy atom. The van der Waals surface area contributed by atoms with Crippen molar-refractivity contribution in [2.75, 3.05) is 12.4 Å². The van der Waals surface area contributed by atoms with Crippen LogP contribution >= 0.6 is 11.6 Å². The Hall–Kier alpha value is -3.99. The Morgan fingerprint density at radius 2 is 1.55 bits per heavy atom. The number of fused-ring (bicyclic) bond motifs is 4. The Kier molecular flexibility index (Phi) is 6.44. The van der Waals surface area contributed by atoms with E-state index >= 15 is 0 Å². The Morgan fingerprint density at radius 3 is 2.34 bits per heavy atom. The van der Waals surface area contributed by atoms with Crippen molar-refractivity contribution in [2.45, 2.75) is 25.3 Å². The molecule has 4 aromatic rings. The lowest BCUT2D eigenvalue weighted by Crippen LogP contribution is -2.30. The summed E-state index contributed by atoms with van der Waals surface area (Å²) in [5, 5.41) is 11.5. The van der Waals surface area contributed by atoms with E-state index in [9.17, 15) is 9.59 Å². The summed E-state index contributed by atoms with van der Waals surface area (Å²) in [7, 11) is 1.99. The number of benzene rings is 4. The van der Waals surface area contributed by atoms with E-state index < -0.39 is 0 Å². The zero-order valence-electron chi connectivity index (χ0n) is 21.1. The zero-order chi connectivity index (χ0) is 26.2. The summed E-state index contributed by atoms with van der Waals surface area (Å²) in [6, 6.07) is 26.9. The topological polar surface area (TPSA) is 58.2 Å². The molecule has 0 saturated carbocycles. The molecule has 4 nitrogen and oxygen atoms in total. The number of hydrogen-bond acceptors (Lipinski definition) is 3. The van der Waals surface area contributed by atoms with Crippen molar-refractivity contribution >= 4 is 40.6 Å². The normalized spacial score (nSPS) is 15.5. The molecule has 1 unspecified atom stereocenters. The zero-order valence-corrected chi connectivity index (χ0v) is 21.8. The first kappa shape index (κ1) is 24.4. The molecule has 0 bridgehead atoms. The summed E-state index contributed by atoms with van der Waals surface area (Å²) >= 11 is 6.15. The lowest BCUT2D eigenvalue weighted by atomic mass is 9.82. The van der Waals surface area contributed by atoms with Gasteiger partial charge in [-0.3, -0.25) is 9.59 Å². The summed E-state index contributed by atoms with van der Waals surface area (Å²) in [6.07, 6.45) is 4.93. The minimum atomic E-state index is -0.285. The first-order chi connectivity index (χ1) is 18.5. The summed E-state index contributed by atoms with van der Waals surface area (Å²) < 4.78 is 0. The largest absolute Gasteiger partial charge is 0.322 e. The number of rotatable bonds is 5. The van der Waals surface area contributed by atoms with Gasteiger partial charge in [-0.15, -0.1) is 0 Å². The highest BCUT2D eigenvalue weighted by Crippen LogP contribution is 2.28. The first-order valence-corrected chi connectivity index (χ1v) is 13.3. The van der Waals surface area contributed by atoms with E-state index in [1.165, 1.54) is 26.8 Å². The van der Waals surface area contributed by atoms with Gasteiger partial charge in [0.2, 0.25) is 0 Å². The summed E-state index contributed by atoms with van der Waals surface area (Å²) in [5.41, 5.74) is 5.04. The Bertz CT molecular complexity index is 1810. The molecule has 0 spiro atoms. The average molecular weight is 519 g/mol. The maximum Gasteiger partial charge on any atom is 0.257 e. The molecule has 2 N–H and O–H groups in total. The molecule has 0 saturated heterocycles. The summed E-state index contributed by atoms with van der Waals surface area (Å²) in [5.74, 6) is -0.247. The molecule has 0 fully saturated rings. The van der Waals surface area contributed by atoms with Crippen LogP contribution in [-0.2, 0) is 6.42 Å². The minimum absolute atomic E-state index is 0.0380. The van der Waals surface area contributed by atoms with Crippen molar-refractivity contribution in [1.29, 1.82) is 0 Å². The second-order valence-corrected chi connectivity index (χ2v) is 10.2. The van der Waals surface area contributed by atoms with Crippen LogP contribution in [0.2, 0.25) is 5.02 Å². The molecular weight excluding hydrogens is 492 g/mol. The molecule has 1 atom stereocenters. The van der Waals surface area contributed by atoms with Crippen LogP contribution in [0, 0.1) is 10.4 Å². The predicted molar refractivity (Wildman–Crippen MR) is 153 cm³/mol. The molecule has 2 aliphatic carbocycles. The molecule has 0 aliphatic heterocycles. The van der Waals surface area contributed by atoms with Crippen molar-refractivity contribution < 1.29 is 9.59 Å². The fourth-order valence-electron chi connectivity index (χ4n) is 5.72. The van der Waals surface area contributed by atoms with Crippen LogP contribution in [0.15, 0.2) is 84.9 Å². The van der Waals surface area contributed by atoms with Crippen molar-refractivity contribution in [3.8, 4) is 0 Å². The number of hydrogen-bond donors (Lipinski definition) is 2. The van der Waals surface area contributed by atoms with Crippen LogP contribution < -0.4 is 21.1 Å². The third-order valence-corrected chi connectivity index (χ3v) is 7.88. The van der Waals surface area contributed by atoms with Gasteiger partial charge in [0.05, 0.1) is 16.6 Å². The molecule has 0 radical (unpaired) electrons. The van der Waals surface area contributed by atoms with Gasteiger partial charge in [-0.2, -0.15) is 0 Å². The third kappa shape index (κ3) is 4.26. The van der Waals surface area contributed by atoms with Crippen molar-refractivity contribution in [1.82, 2.24) is 5.32 Å². The van der Waals surface area contributed by atoms with Gasteiger partial charge in [0.15, 0.2) is 5.78 Å². The highest BCUT2D eigenvalue weighted by molar-refractivity contribution is 6.34. The third-order valence-electron chi connectivity index (χ3n) is 7.55. The van der Waals surface area contributed by atoms with Crippen LogP contribution in [0.5, 0.6) is 0 Å². The number of Topliss-reactive ketones (excluding diaryl/α,β-unsaturated/α-hetero) is 1. The number of anilines is 1. The van der Waals surface area contributed by atoms with Gasteiger partial charge in [-0.25, -0.2) is 0 Å². The van der Waals surface area contributed by atoms with Gasteiger partial charge < -0.3 is 10.6 Å². The Balaban J connectivity index is 1.37. The average Bonchev–Trinajstić information content (AvgIpc) is 2.96. The fourth-order valence-corrected chi connectivity index (χ4v) is 5.94. The van der Waals surface area contributed by atoms with E-state index in [-0.39, 0.29) is 17.7 Å². The van der Waals surface area contributed by atoms with Gasteiger partial charge in [-0.1, -0.05) is 66.2 Å². The first-order valence-electron chi connectivity index (χ1n) is 12.9. The molecular formula is C33H27ClN2O2. The van der Waals surface area contributed by atoms with Gasteiger partial charge in [0.1, 0.15) is 0 Å². The standard InChI is InChI=1S/C33H27ClN2O2/c1-35-30-19-21-7-2-3-8-23(21)26-18-17-24-25(31(26)30)10-6-11-27(24)32(37)20-13-15-22(16-14-20)36-33(38)28-9-4-5-12-29(28)34/h2-5,7-9,12-19,30,35H,6,10-11H2,1H3,(H,36,38). The Labute approximate surface area is 226 Å². The number of carbonyl (C=O) groups is 2. The van der Waals surface area contributed by atoms with E-state index in [1.807, 2.05) is 7.05 Å². The maximum atomic E-state index is 13.7. The van der Waals surface area contributed by atoms with E-state index in [1.54, 1.807) is 48.5 Å². The minimum Gasteiger partial charge on any atom is -0.322 e. The second-order valence-electron chi connectivity index (χ2n) is 9.75. The number of carbonyl (C=O) groups excluding carboxylic acids is 2. The van der Waals surface area contributed by atoms with Gasteiger partial charge in [0, 0.05) is 16.8 Å². The molecule has 0 heterocycles. The van der Waals surface area contributed by atoms with Crippen molar-refractivity contribution in [3.63, 3.8) is 0 Å². The summed E-state index contributed by atoms with van der Waals surface area (Å²) in [4.78, 5) is 26.3. The molecule has 38 heavy (non-hydrogen) atoms. The number of halogens is 1. The molecule has 188 valence electrons. The number of amides is 1.